The van der Waals surface area contributed by atoms with Gasteiger partial charge in [-0.15, -0.1) is 0 Å². The highest BCUT2D eigenvalue weighted by atomic mass is 16.5. The Balaban J connectivity index is 1.71. The van der Waals surface area contributed by atoms with E-state index in [1.807, 2.05) is 80.1 Å². The maximum Gasteiger partial charge on any atom is 0.331 e. The summed E-state index contributed by atoms with van der Waals surface area (Å²) in [5.41, 5.74) is 5.90. The van der Waals surface area contributed by atoms with Crippen molar-refractivity contribution >= 4 is 12.0 Å². The molecule has 4 heteroatoms. The highest BCUT2D eigenvalue weighted by molar-refractivity contribution is 5.87. The van der Waals surface area contributed by atoms with Crippen LogP contribution in [0.2, 0.25) is 0 Å². The van der Waals surface area contributed by atoms with Gasteiger partial charge in [-0.2, -0.15) is 5.10 Å². The lowest BCUT2D eigenvalue weighted by molar-refractivity contribution is -0.138. The molecule has 0 radical (unpaired) electrons. The summed E-state index contributed by atoms with van der Waals surface area (Å²) in [6, 6.07) is 17.8. The van der Waals surface area contributed by atoms with E-state index in [9.17, 15) is 4.79 Å². The van der Waals surface area contributed by atoms with Crippen LogP contribution in [0.15, 0.2) is 60.7 Å². The molecule has 3 rings (SSSR count). The molecule has 0 bridgehead atoms. The predicted octanol–water partition coefficient (Wildman–Crippen LogP) is 4.55. The van der Waals surface area contributed by atoms with Crippen molar-refractivity contribution in [2.24, 2.45) is 0 Å². The van der Waals surface area contributed by atoms with Crippen LogP contribution >= 0.6 is 0 Å². The maximum absolute atomic E-state index is 12.1. The van der Waals surface area contributed by atoms with Crippen molar-refractivity contribution in [1.82, 2.24) is 9.78 Å². The van der Waals surface area contributed by atoms with Crippen LogP contribution in [-0.4, -0.2) is 15.7 Å². The van der Waals surface area contributed by atoms with E-state index < -0.39 is 0 Å². The second kappa shape index (κ2) is 7.83. The molecule has 0 aliphatic heterocycles. The van der Waals surface area contributed by atoms with Gasteiger partial charge in [-0.3, -0.25) is 0 Å². The Bertz CT molecular complexity index is 940. The number of carbonyl (C=O) groups excluding carboxylic acids is 1. The third-order valence-corrected chi connectivity index (χ3v) is 4.37. The lowest BCUT2D eigenvalue weighted by Crippen LogP contribution is -2.02. The van der Waals surface area contributed by atoms with Gasteiger partial charge in [0.1, 0.15) is 6.61 Å². The number of nitrogens with zero attached hydrogens (tertiary/aromatic N) is 2. The van der Waals surface area contributed by atoms with E-state index in [-0.39, 0.29) is 12.6 Å². The van der Waals surface area contributed by atoms with E-state index in [0.29, 0.717) is 0 Å². The zero-order chi connectivity index (χ0) is 18.5. The minimum absolute atomic E-state index is 0.275. The molecule has 1 heterocycles. The number of hydrogen-bond donors (Lipinski definition) is 0. The largest absolute Gasteiger partial charge is 0.458 e. The lowest BCUT2D eigenvalue weighted by atomic mass is 10.1. The van der Waals surface area contributed by atoms with Crippen LogP contribution in [-0.2, 0) is 16.1 Å². The zero-order valence-electron chi connectivity index (χ0n) is 15.3. The number of para-hydroxylation sites is 1. The summed E-state index contributed by atoms with van der Waals surface area (Å²) in [6.07, 6.45) is 3.24. The lowest BCUT2D eigenvalue weighted by Gasteiger charge is -2.05. The summed E-state index contributed by atoms with van der Waals surface area (Å²) in [4.78, 5) is 12.1. The summed E-state index contributed by atoms with van der Waals surface area (Å²) in [7, 11) is 0. The molecule has 0 saturated heterocycles. The van der Waals surface area contributed by atoms with Crippen LogP contribution in [0.4, 0.5) is 0 Å². The molecule has 0 fully saturated rings. The number of ether oxygens (including phenoxy) is 1. The van der Waals surface area contributed by atoms with Gasteiger partial charge in [0.05, 0.1) is 11.4 Å². The molecule has 0 unspecified atom stereocenters. The molecule has 1 aromatic heterocycles. The SMILES string of the molecule is Cc1ccccc1COC(=O)/C=C/c1c(C)nn(-c2ccccc2)c1C. The monoisotopic (exact) mass is 346 g/mol. The molecule has 132 valence electrons. The van der Waals surface area contributed by atoms with Crippen LogP contribution in [0.3, 0.4) is 0 Å². The summed E-state index contributed by atoms with van der Waals surface area (Å²) in [5.74, 6) is -0.362. The predicted molar refractivity (Wildman–Crippen MR) is 103 cm³/mol. The van der Waals surface area contributed by atoms with Crippen molar-refractivity contribution in [3.63, 3.8) is 0 Å². The van der Waals surface area contributed by atoms with Crippen molar-refractivity contribution in [1.29, 1.82) is 0 Å². The van der Waals surface area contributed by atoms with Gasteiger partial charge in [-0.1, -0.05) is 42.5 Å². The fourth-order valence-electron chi connectivity index (χ4n) is 2.84. The number of aryl methyl sites for hydroxylation is 2. The standard InChI is InChI=1S/C22H22N2O2/c1-16-9-7-8-10-19(16)15-26-22(25)14-13-21-17(2)23-24(18(21)3)20-11-5-4-6-12-20/h4-14H,15H2,1-3H3/b14-13+. The van der Waals surface area contributed by atoms with E-state index in [1.54, 1.807) is 6.08 Å². The fraction of sp³-hybridized carbons (Fsp3) is 0.182. The summed E-state index contributed by atoms with van der Waals surface area (Å²) in [6.45, 7) is 6.21. The van der Waals surface area contributed by atoms with Gasteiger partial charge < -0.3 is 4.74 Å². The second-order valence-corrected chi connectivity index (χ2v) is 6.20. The first-order valence-corrected chi connectivity index (χ1v) is 8.57. The first kappa shape index (κ1) is 17.7. The molecule has 3 aromatic rings. The van der Waals surface area contributed by atoms with Gasteiger partial charge >= 0.3 is 5.97 Å². The third-order valence-electron chi connectivity index (χ3n) is 4.37. The van der Waals surface area contributed by atoms with Gasteiger partial charge in [-0.25, -0.2) is 9.48 Å². The average Bonchev–Trinajstić information content (AvgIpc) is 2.94. The Morgan fingerprint density at radius 2 is 1.73 bits per heavy atom. The highest BCUT2D eigenvalue weighted by Crippen LogP contribution is 2.19. The van der Waals surface area contributed by atoms with Crippen LogP contribution in [0.25, 0.3) is 11.8 Å². The molecule has 0 aliphatic rings. The van der Waals surface area contributed by atoms with Gasteiger partial charge in [0, 0.05) is 17.3 Å². The normalized spacial score (nSPS) is 11.0. The van der Waals surface area contributed by atoms with Crippen molar-refractivity contribution in [2.45, 2.75) is 27.4 Å². The molecular weight excluding hydrogens is 324 g/mol. The van der Waals surface area contributed by atoms with Crippen LogP contribution in [0.1, 0.15) is 28.1 Å². The molecular formula is C22H22N2O2. The topological polar surface area (TPSA) is 44.1 Å². The van der Waals surface area contributed by atoms with E-state index in [4.69, 9.17) is 4.74 Å². The average molecular weight is 346 g/mol. The number of aromatic nitrogens is 2. The molecule has 0 atom stereocenters. The Morgan fingerprint density at radius 3 is 2.46 bits per heavy atom. The van der Waals surface area contributed by atoms with E-state index in [2.05, 4.69) is 5.10 Å². The first-order valence-electron chi connectivity index (χ1n) is 8.57. The van der Waals surface area contributed by atoms with Crippen LogP contribution in [0, 0.1) is 20.8 Å². The Morgan fingerprint density at radius 1 is 1.04 bits per heavy atom. The van der Waals surface area contributed by atoms with Gasteiger partial charge in [0.15, 0.2) is 0 Å². The molecule has 0 spiro atoms. The fourth-order valence-corrected chi connectivity index (χ4v) is 2.84. The molecule has 0 aliphatic carbocycles. The molecule has 0 saturated carbocycles. The Hall–Kier alpha value is -3.14. The van der Waals surface area contributed by atoms with Crippen molar-refractivity contribution in [2.75, 3.05) is 0 Å². The quantitative estimate of drug-likeness (QED) is 0.503. The van der Waals surface area contributed by atoms with Crippen LogP contribution < -0.4 is 0 Å². The van der Waals surface area contributed by atoms with Gasteiger partial charge in [0.25, 0.3) is 0 Å². The number of benzene rings is 2. The Kier molecular flexibility index (Phi) is 5.32. The summed E-state index contributed by atoms with van der Waals surface area (Å²) >= 11 is 0. The smallest absolute Gasteiger partial charge is 0.331 e. The third kappa shape index (κ3) is 3.91. The van der Waals surface area contributed by atoms with E-state index in [0.717, 1.165) is 33.8 Å². The van der Waals surface area contributed by atoms with Crippen molar-refractivity contribution in [3.8, 4) is 5.69 Å². The summed E-state index contributed by atoms with van der Waals surface area (Å²) < 4.78 is 7.23. The maximum atomic E-state index is 12.1. The minimum atomic E-state index is -0.362. The molecule has 0 N–H and O–H groups in total. The molecule has 26 heavy (non-hydrogen) atoms. The molecule has 0 amide bonds. The number of rotatable bonds is 5. The van der Waals surface area contributed by atoms with Gasteiger partial charge in [0.2, 0.25) is 0 Å². The Labute approximate surface area is 153 Å². The number of hydrogen-bond acceptors (Lipinski definition) is 3. The number of carbonyl (C=O) groups is 1. The minimum Gasteiger partial charge on any atom is -0.458 e. The summed E-state index contributed by atoms with van der Waals surface area (Å²) in [5, 5.41) is 4.58. The van der Waals surface area contributed by atoms with Crippen molar-refractivity contribution < 1.29 is 9.53 Å². The molecule has 4 nitrogen and oxygen atoms in total. The zero-order valence-corrected chi connectivity index (χ0v) is 15.3. The van der Waals surface area contributed by atoms with E-state index in [1.165, 1.54) is 6.08 Å². The number of esters is 1. The van der Waals surface area contributed by atoms with E-state index >= 15 is 0 Å². The first-order chi connectivity index (χ1) is 12.6. The second-order valence-electron chi connectivity index (χ2n) is 6.20. The highest BCUT2D eigenvalue weighted by Gasteiger charge is 2.11. The molecule has 2 aromatic carbocycles. The van der Waals surface area contributed by atoms with Crippen molar-refractivity contribution in [3.05, 3.63) is 88.8 Å². The van der Waals surface area contributed by atoms with Gasteiger partial charge in [-0.05, 0) is 50.1 Å². The van der Waals surface area contributed by atoms with Crippen LogP contribution in [0.5, 0.6) is 0 Å².